The van der Waals surface area contributed by atoms with Crippen molar-refractivity contribution in [3.05, 3.63) is 35.4 Å². The average molecular weight is 284 g/mol. The summed E-state index contributed by atoms with van der Waals surface area (Å²) < 4.78 is 0. The molecule has 6 nitrogen and oxygen atoms in total. The van der Waals surface area contributed by atoms with Crippen LogP contribution in [0.5, 0.6) is 0 Å². The van der Waals surface area contributed by atoms with Crippen LogP contribution in [-0.4, -0.2) is 34.4 Å². The second kappa shape index (κ2) is 9.06. The van der Waals surface area contributed by atoms with Crippen molar-refractivity contribution in [2.75, 3.05) is 0 Å². The molecule has 0 aliphatic carbocycles. The third-order valence-electron chi connectivity index (χ3n) is 1.82. The van der Waals surface area contributed by atoms with Crippen molar-refractivity contribution < 1.29 is 29.6 Å². The molecule has 0 radical (unpaired) electrons. The Morgan fingerprint density at radius 1 is 0.800 bits per heavy atom. The highest BCUT2D eigenvalue weighted by Crippen LogP contribution is 2.03. The number of hydrogen-bond acceptors (Lipinski definition) is 4. The van der Waals surface area contributed by atoms with Gasteiger partial charge in [0.05, 0.1) is 23.3 Å². The fourth-order valence-electron chi connectivity index (χ4n) is 0.978. The van der Waals surface area contributed by atoms with Crippen LogP contribution in [0.4, 0.5) is 0 Å². The molecule has 0 saturated carbocycles. The van der Waals surface area contributed by atoms with E-state index in [1.54, 1.807) is 0 Å². The minimum atomic E-state index is -1.06. The molecule has 0 aromatic heterocycles. The largest absolute Gasteiger partial charge is 0.478 e. The molecule has 0 aliphatic heterocycles. The van der Waals surface area contributed by atoms with E-state index in [2.05, 4.69) is 0 Å². The van der Waals surface area contributed by atoms with Crippen molar-refractivity contribution in [2.45, 2.75) is 39.9 Å². The first-order valence-electron chi connectivity index (χ1n) is 6.12. The molecule has 1 rings (SSSR count). The summed E-state index contributed by atoms with van der Waals surface area (Å²) in [6.45, 7) is 7.73. The van der Waals surface area contributed by atoms with Crippen LogP contribution in [0.1, 0.15) is 48.4 Å². The molecule has 0 amide bonds. The number of carboxylic acids is 2. The topological polar surface area (TPSA) is 93.1 Å². The molecule has 0 saturated heterocycles. The minimum Gasteiger partial charge on any atom is -0.478 e. The summed E-state index contributed by atoms with van der Waals surface area (Å²) >= 11 is 0. The van der Waals surface area contributed by atoms with Crippen molar-refractivity contribution in [1.29, 1.82) is 0 Å². The van der Waals surface area contributed by atoms with Gasteiger partial charge in [0.25, 0.3) is 0 Å². The summed E-state index contributed by atoms with van der Waals surface area (Å²) in [7, 11) is 0. The van der Waals surface area contributed by atoms with Gasteiger partial charge in [-0.1, -0.05) is 0 Å². The van der Waals surface area contributed by atoms with Crippen molar-refractivity contribution in [3.8, 4) is 0 Å². The predicted octanol–water partition coefficient (Wildman–Crippen LogP) is 2.83. The molecule has 112 valence electrons. The smallest absolute Gasteiger partial charge is 0.335 e. The van der Waals surface area contributed by atoms with Crippen LogP contribution in [0, 0.1) is 0 Å². The lowest BCUT2D eigenvalue weighted by atomic mass is 10.1. The molecule has 0 fully saturated rings. The molecule has 0 spiro atoms. The monoisotopic (exact) mass is 284 g/mol. The lowest BCUT2D eigenvalue weighted by molar-refractivity contribution is -0.337. The molecule has 0 atom stereocenters. The summed E-state index contributed by atoms with van der Waals surface area (Å²) in [4.78, 5) is 30.3. The summed E-state index contributed by atoms with van der Waals surface area (Å²) in [5, 5.41) is 16.9. The Morgan fingerprint density at radius 2 is 1.05 bits per heavy atom. The second-order valence-corrected chi connectivity index (χ2v) is 4.48. The molecular weight excluding hydrogens is 264 g/mol. The average Bonchev–Trinajstić information content (AvgIpc) is 2.37. The second-order valence-electron chi connectivity index (χ2n) is 4.48. The fourth-order valence-corrected chi connectivity index (χ4v) is 0.978. The maximum Gasteiger partial charge on any atom is 0.335 e. The first-order valence-corrected chi connectivity index (χ1v) is 6.12. The van der Waals surface area contributed by atoms with Gasteiger partial charge in [0.1, 0.15) is 0 Å². The first kappa shape index (κ1) is 18.1. The Balaban J connectivity index is 0.000000396. The van der Waals surface area contributed by atoms with Gasteiger partial charge in [0.15, 0.2) is 0 Å². The maximum atomic E-state index is 10.3. The van der Waals surface area contributed by atoms with E-state index < -0.39 is 11.9 Å². The molecular formula is C14H20O6. The van der Waals surface area contributed by atoms with E-state index in [0.29, 0.717) is 0 Å². The number of hydrogen-bond donors (Lipinski definition) is 2. The molecule has 6 heteroatoms. The minimum absolute atomic E-state index is 0.0833. The zero-order valence-electron chi connectivity index (χ0n) is 12.0. The van der Waals surface area contributed by atoms with Crippen molar-refractivity contribution in [3.63, 3.8) is 0 Å². The van der Waals surface area contributed by atoms with Gasteiger partial charge in [-0.25, -0.2) is 19.4 Å². The van der Waals surface area contributed by atoms with Crippen LogP contribution in [-0.2, 0) is 9.78 Å². The standard InChI is InChI=1S/C8H6O4.C6H14O2/c9-7(10)5-1-2-6(4-3-5)8(11)12;1-5(2)7-8-6(3)4/h1-4H,(H,9,10)(H,11,12);5-6H,1-4H3. The van der Waals surface area contributed by atoms with Gasteiger partial charge >= 0.3 is 11.9 Å². The van der Waals surface area contributed by atoms with Gasteiger partial charge in [0.2, 0.25) is 0 Å². The lowest BCUT2D eigenvalue weighted by Gasteiger charge is -2.08. The van der Waals surface area contributed by atoms with E-state index in [-0.39, 0.29) is 23.3 Å². The molecule has 0 unspecified atom stereocenters. The quantitative estimate of drug-likeness (QED) is 0.638. The van der Waals surface area contributed by atoms with Gasteiger partial charge < -0.3 is 10.2 Å². The number of benzene rings is 1. The van der Waals surface area contributed by atoms with Crippen molar-refractivity contribution in [2.24, 2.45) is 0 Å². The summed E-state index contributed by atoms with van der Waals surface area (Å²) in [6.07, 6.45) is 0.329. The number of rotatable bonds is 5. The van der Waals surface area contributed by atoms with E-state index in [9.17, 15) is 9.59 Å². The van der Waals surface area contributed by atoms with Crippen LogP contribution in [0.15, 0.2) is 24.3 Å². The van der Waals surface area contributed by atoms with E-state index in [4.69, 9.17) is 20.0 Å². The third kappa shape index (κ3) is 8.23. The number of aromatic carboxylic acids is 2. The highest BCUT2D eigenvalue weighted by atomic mass is 17.2. The van der Waals surface area contributed by atoms with Gasteiger partial charge in [-0.2, -0.15) is 0 Å². The lowest BCUT2D eigenvalue weighted by Crippen LogP contribution is -2.08. The normalized spacial score (nSPS) is 10.1. The van der Waals surface area contributed by atoms with Crippen molar-refractivity contribution in [1.82, 2.24) is 0 Å². The van der Waals surface area contributed by atoms with Crippen LogP contribution < -0.4 is 0 Å². The van der Waals surface area contributed by atoms with Gasteiger partial charge in [-0.05, 0) is 52.0 Å². The van der Waals surface area contributed by atoms with Gasteiger partial charge in [-0.15, -0.1) is 0 Å². The van der Waals surface area contributed by atoms with Crippen LogP contribution in [0.3, 0.4) is 0 Å². The van der Waals surface area contributed by atoms with Gasteiger partial charge in [0, 0.05) is 0 Å². The zero-order chi connectivity index (χ0) is 15.7. The number of carboxylic acid groups (broad SMARTS) is 2. The molecule has 0 aliphatic rings. The summed E-state index contributed by atoms with van der Waals surface area (Å²) in [5.74, 6) is -2.13. The molecule has 2 N–H and O–H groups in total. The zero-order valence-corrected chi connectivity index (χ0v) is 12.0. The molecule has 0 heterocycles. The Kier molecular flexibility index (Phi) is 8.19. The Bertz CT molecular complexity index is 381. The highest BCUT2D eigenvalue weighted by Gasteiger charge is 2.04. The summed E-state index contributed by atoms with van der Waals surface area (Å²) in [6, 6.07) is 5.02. The van der Waals surface area contributed by atoms with E-state index in [1.807, 2.05) is 27.7 Å². The van der Waals surface area contributed by atoms with Crippen molar-refractivity contribution >= 4 is 11.9 Å². The first-order chi connectivity index (χ1) is 9.23. The number of carbonyl (C=O) groups is 2. The Hall–Kier alpha value is -1.92. The Morgan fingerprint density at radius 3 is 1.20 bits per heavy atom. The Labute approximate surface area is 117 Å². The molecule has 1 aromatic rings. The maximum absolute atomic E-state index is 10.3. The van der Waals surface area contributed by atoms with E-state index in [1.165, 1.54) is 24.3 Å². The molecule has 0 bridgehead atoms. The highest BCUT2D eigenvalue weighted by molar-refractivity contribution is 5.91. The SMILES string of the molecule is CC(C)OOC(C)C.O=C(O)c1ccc(C(=O)O)cc1. The predicted molar refractivity (Wildman–Crippen MR) is 72.8 cm³/mol. The molecule has 20 heavy (non-hydrogen) atoms. The van der Waals surface area contributed by atoms with Gasteiger partial charge in [-0.3, -0.25) is 0 Å². The van der Waals surface area contributed by atoms with E-state index in [0.717, 1.165) is 0 Å². The van der Waals surface area contributed by atoms with E-state index >= 15 is 0 Å². The van der Waals surface area contributed by atoms with Crippen LogP contribution in [0.2, 0.25) is 0 Å². The third-order valence-corrected chi connectivity index (χ3v) is 1.82. The molecule has 1 aromatic carbocycles. The summed E-state index contributed by atoms with van der Waals surface area (Å²) in [5.41, 5.74) is 0.167. The fraction of sp³-hybridized carbons (Fsp3) is 0.429. The van der Waals surface area contributed by atoms with Crippen LogP contribution in [0.25, 0.3) is 0 Å². The van der Waals surface area contributed by atoms with Crippen LogP contribution >= 0.6 is 0 Å².